The molecule has 0 aromatic heterocycles. The van der Waals surface area contributed by atoms with Crippen LogP contribution in [0.4, 0.5) is 0 Å². The number of rotatable bonds is 1. The lowest BCUT2D eigenvalue weighted by Crippen LogP contribution is -2.46. The molecule has 0 aromatic rings. The SMILES string of the molecule is N=C(N)C1CN(O)CCO1. The Kier molecular flexibility index (Phi) is 2.21. The van der Waals surface area contributed by atoms with Crippen molar-refractivity contribution in [3.63, 3.8) is 0 Å². The number of hydrogen-bond acceptors (Lipinski definition) is 4. The molecule has 0 bridgehead atoms. The van der Waals surface area contributed by atoms with Gasteiger partial charge in [0, 0.05) is 6.54 Å². The second kappa shape index (κ2) is 2.96. The third kappa shape index (κ3) is 1.66. The van der Waals surface area contributed by atoms with Crippen molar-refractivity contribution in [1.82, 2.24) is 5.06 Å². The summed E-state index contributed by atoms with van der Waals surface area (Å²) in [5.41, 5.74) is 5.15. The molecule has 1 aliphatic rings. The van der Waals surface area contributed by atoms with E-state index in [1.165, 1.54) is 0 Å². The molecule has 1 rings (SSSR count). The number of ether oxygens (including phenoxy) is 1. The third-order valence-corrected chi connectivity index (χ3v) is 1.39. The topological polar surface area (TPSA) is 82.6 Å². The van der Waals surface area contributed by atoms with Crippen LogP contribution in [0.5, 0.6) is 0 Å². The maximum Gasteiger partial charge on any atom is 0.129 e. The number of nitrogens with zero attached hydrogens (tertiary/aromatic N) is 1. The van der Waals surface area contributed by atoms with Crippen molar-refractivity contribution in [3.05, 3.63) is 0 Å². The first-order valence-corrected chi connectivity index (χ1v) is 3.09. The van der Waals surface area contributed by atoms with E-state index in [1.54, 1.807) is 0 Å². The highest BCUT2D eigenvalue weighted by atomic mass is 16.5. The van der Waals surface area contributed by atoms with Crippen molar-refractivity contribution < 1.29 is 9.94 Å². The zero-order chi connectivity index (χ0) is 7.56. The molecule has 1 aliphatic heterocycles. The molecule has 1 atom stereocenters. The van der Waals surface area contributed by atoms with Crippen LogP contribution in [0, 0.1) is 5.41 Å². The van der Waals surface area contributed by atoms with Crippen LogP contribution in [0.3, 0.4) is 0 Å². The second-order valence-corrected chi connectivity index (χ2v) is 2.23. The summed E-state index contributed by atoms with van der Waals surface area (Å²) in [6, 6.07) is 0. The molecule has 5 heteroatoms. The normalized spacial score (nSPS) is 28.3. The highest BCUT2D eigenvalue weighted by molar-refractivity contribution is 5.82. The van der Waals surface area contributed by atoms with Gasteiger partial charge in [-0.15, -0.1) is 0 Å². The maximum absolute atomic E-state index is 8.93. The smallest absolute Gasteiger partial charge is 0.129 e. The Morgan fingerprint density at radius 2 is 2.50 bits per heavy atom. The van der Waals surface area contributed by atoms with Crippen LogP contribution in [-0.4, -0.2) is 41.9 Å². The highest BCUT2D eigenvalue weighted by Crippen LogP contribution is 2.00. The average Bonchev–Trinajstić information content (AvgIpc) is 1.88. The highest BCUT2D eigenvalue weighted by Gasteiger charge is 2.20. The molecule has 0 spiro atoms. The van der Waals surface area contributed by atoms with Crippen LogP contribution < -0.4 is 5.73 Å². The predicted molar refractivity (Wildman–Crippen MR) is 35.0 cm³/mol. The van der Waals surface area contributed by atoms with Gasteiger partial charge >= 0.3 is 0 Å². The van der Waals surface area contributed by atoms with E-state index in [-0.39, 0.29) is 5.84 Å². The Morgan fingerprint density at radius 1 is 1.80 bits per heavy atom. The fourth-order valence-corrected chi connectivity index (χ4v) is 0.824. The monoisotopic (exact) mass is 145 g/mol. The van der Waals surface area contributed by atoms with Crippen molar-refractivity contribution >= 4 is 5.84 Å². The van der Waals surface area contributed by atoms with Gasteiger partial charge in [0.15, 0.2) is 0 Å². The zero-order valence-electron chi connectivity index (χ0n) is 5.58. The molecule has 0 amide bonds. The minimum atomic E-state index is -0.432. The summed E-state index contributed by atoms with van der Waals surface area (Å²) >= 11 is 0. The summed E-state index contributed by atoms with van der Waals surface area (Å²) in [4.78, 5) is 0. The van der Waals surface area contributed by atoms with E-state index in [9.17, 15) is 0 Å². The Balaban J connectivity index is 2.39. The standard InChI is InChI=1S/C5H11N3O2/c6-5(7)4-3-8(9)1-2-10-4/h4,9H,1-3H2,(H3,6,7). The molecule has 58 valence electrons. The van der Waals surface area contributed by atoms with Gasteiger partial charge in [-0.25, -0.2) is 0 Å². The van der Waals surface area contributed by atoms with Gasteiger partial charge in [0.2, 0.25) is 0 Å². The summed E-state index contributed by atoms with van der Waals surface area (Å²) in [5.74, 6) is -0.0289. The van der Waals surface area contributed by atoms with Gasteiger partial charge in [-0.3, -0.25) is 5.41 Å². The van der Waals surface area contributed by atoms with E-state index in [0.717, 1.165) is 5.06 Å². The van der Waals surface area contributed by atoms with E-state index >= 15 is 0 Å². The van der Waals surface area contributed by atoms with Crippen molar-refractivity contribution in [3.8, 4) is 0 Å². The molecule has 0 aliphatic carbocycles. The summed E-state index contributed by atoms with van der Waals surface area (Å²) in [6.07, 6.45) is -0.432. The van der Waals surface area contributed by atoms with E-state index in [1.807, 2.05) is 0 Å². The Hall–Kier alpha value is -0.650. The van der Waals surface area contributed by atoms with Crippen LogP contribution in [-0.2, 0) is 4.74 Å². The minimum Gasteiger partial charge on any atom is -0.385 e. The van der Waals surface area contributed by atoms with Crippen molar-refractivity contribution in [2.24, 2.45) is 5.73 Å². The molecular weight excluding hydrogens is 134 g/mol. The maximum atomic E-state index is 8.93. The van der Waals surface area contributed by atoms with E-state index in [4.69, 9.17) is 21.1 Å². The molecule has 1 saturated heterocycles. The first kappa shape index (κ1) is 7.46. The van der Waals surface area contributed by atoms with E-state index < -0.39 is 6.10 Å². The molecule has 1 fully saturated rings. The fourth-order valence-electron chi connectivity index (χ4n) is 0.824. The lowest BCUT2D eigenvalue weighted by Gasteiger charge is -2.27. The van der Waals surface area contributed by atoms with Crippen LogP contribution in [0.25, 0.3) is 0 Å². The fraction of sp³-hybridized carbons (Fsp3) is 0.800. The first-order valence-electron chi connectivity index (χ1n) is 3.09. The average molecular weight is 145 g/mol. The molecular formula is C5H11N3O2. The van der Waals surface area contributed by atoms with Gasteiger partial charge in [0.1, 0.15) is 11.9 Å². The first-order chi connectivity index (χ1) is 4.70. The van der Waals surface area contributed by atoms with Crippen LogP contribution >= 0.6 is 0 Å². The van der Waals surface area contributed by atoms with Gasteiger partial charge in [0.05, 0.1) is 13.2 Å². The van der Waals surface area contributed by atoms with E-state index in [2.05, 4.69) is 0 Å². The number of nitrogens with one attached hydrogen (secondary N) is 1. The Morgan fingerprint density at radius 3 is 2.90 bits per heavy atom. The summed E-state index contributed by atoms with van der Waals surface area (Å²) in [5, 5.41) is 17.0. The van der Waals surface area contributed by atoms with Gasteiger partial charge in [-0.05, 0) is 0 Å². The molecule has 0 aromatic carbocycles. The van der Waals surface area contributed by atoms with Gasteiger partial charge < -0.3 is 15.7 Å². The number of amidine groups is 1. The molecule has 4 N–H and O–H groups in total. The van der Waals surface area contributed by atoms with Crippen molar-refractivity contribution in [2.75, 3.05) is 19.7 Å². The third-order valence-electron chi connectivity index (χ3n) is 1.39. The summed E-state index contributed by atoms with van der Waals surface area (Å²) in [6.45, 7) is 1.22. The quantitative estimate of drug-likeness (QED) is 0.327. The Bertz CT molecular complexity index is 139. The predicted octanol–water partition coefficient (Wildman–Crippen LogP) is -0.988. The van der Waals surface area contributed by atoms with Crippen LogP contribution in [0.1, 0.15) is 0 Å². The summed E-state index contributed by atoms with van der Waals surface area (Å²) in [7, 11) is 0. The van der Waals surface area contributed by atoms with Gasteiger partial charge in [0.25, 0.3) is 0 Å². The molecule has 0 radical (unpaired) electrons. The van der Waals surface area contributed by atoms with Gasteiger partial charge in [-0.1, -0.05) is 0 Å². The van der Waals surface area contributed by atoms with Crippen molar-refractivity contribution in [2.45, 2.75) is 6.10 Å². The largest absolute Gasteiger partial charge is 0.385 e. The zero-order valence-corrected chi connectivity index (χ0v) is 5.58. The minimum absolute atomic E-state index is 0.0289. The Labute approximate surface area is 58.8 Å². The lowest BCUT2D eigenvalue weighted by atomic mass is 10.3. The molecule has 1 heterocycles. The molecule has 0 saturated carbocycles. The molecule has 10 heavy (non-hydrogen) atoms. The van der Waals surface area contributed by atoms with E-state index in [0.29, 0.717) is 19.7 Å². The number of morpholine rings is 1. The molecule has 5 nitrogen and oxygen atoms in total. The van der Waals surface area contributed by atoms with Crippen molar-refractivity contribution in [1.29, 1.82) is 5.41 Å². The second-order valence-electron chi connectivity index (χ2n) is 2.23. The molecule has 1 unspecified atom stereocenters. The van der Waals surface area contributed by atoms with Crippen LogP contribution in [0.2, 0.25) is 0 Å². The number of hydrogen-bond donors (Lipinski definition) is 3. The summed E-state index contributed by atoms with van der Waals surface area (Å²) < 4.78 is 5.06. The number of nitrogens with two attached hydrogens (primary N) is 1. The number of hydroxylamine groups is 2. The lowest BCUT2D eigenvalue weighted by molar-refractivity contribution is -0.155. The van der Waals surface area contributed by atoms with Gasteiger partial charge in [-0.2, -0.15) is 5.06 Å². The van der Waals surface area contributed by atoms with Crippen LogP contribution in [0.15, 0.2) is 0 Å².